The van der Waals surface area contributed by atoms with Crippen LogP contribution < -0.4 is 5.73 Å². The minimum atomic E-state index is -0.212. The van der Waals surface area contributed by atoms with Crippen LogP contribution in [0, 0.1) is 0 Å². The molecule has 2 N–H and O–H groups in total. The standard InChI is InChI=1S/C11H12Cl2N2O/c1-15-10(16)5-9(14)11(15)7-3-2-6(12)4-8(7)13/h2-4,9,11H,5,14H2,1H3. The molecule has 2 rings (SSSR count). The highest BCUT2D eigenvalue weighted by Gasteiger charge is 2.37. The molecule has 1 amide bonds. The van der Waals surface area contributed by atoms with Gasteiger partial charge < -0.3 is 10.6 Å². The molecule has 86 valence electrons. The quantitative estimate of drug-likeness (QED) is 0.840. The van der Waals surface area contributed by atoms with Crippen molar-refractivity contribution >= 4 is 29.1 Å². The van der Waals surface area contributed by atoms with E-state index >= 15 is 0 Å². The molecule has 0 aliphatic carbocycles. The Labute approximate surface area is 104 Å². The molecule has 2 atom stereocenters. The zero-order chi connectivity index (χ0) is 11.9. The normalized spacial score (nSPS) is 25.2. The Hall–Kier alpha value is -0.770. The molecule has 16 heavy (non-hydrogen) atoms. The maximum atomic E-state index is 11.5. The second-order valence-electron chi connectivity index (χ2n) is 3.98. The van der Waals surface area contributed by atoms with Gasteiger partial charge in [-0.25, -0.2) is 0 Å². The monoisotopic (exact) mass is 258 g/mol. The largest absolute Gasteiger partial charge is 0.337 e. The molecule has 0 saturated carbocycles. The summed E-state index contributed by atoms with van der Waals surface area (Å²) < 4.78 is 0. The van der Waals surface area contributed by atoms with Crippen molar-refractivity contribution < 1.29 is 4.79 Å². The van der Waals surface area contributed by atoms with Gasteiger partial charge in [0.25, 0.3) is 0 Å². The summed E-state index contributed by atoms with van der Waals surface area (Å²) in [5.74, 6) is 0.0449. The first-order valence-electron chi connectivity index (χ1n) is 4.97. The minimum Gasteiger partial charge on any atom is -0.337 e. The third-order valence-corrected chi connectivity index (χ3v) is 3.47. The van der Waals surface area contributed by atoms with Crippen LogP contribution in [-0.4, -0.2) is 23.9 Å². The van der Waals surface area contributed by atoms with Crippen LogP contribution in [0.15, 0.2) is 18.2 Å². The minimum absolute atomic E-state index is 0.0449. The number of nitrogens with two attached hydrogens (primary N) is 1. The van der Waals surface area contributed by atoms with E-state index in [9.17, 15) is 4.79 Å². The lowest BCUT2D eigenvalue weighted by Gasteiger charge is -2.24. The van der Waals surface area contributed by atoms with Crippen LogP contribution in [0.25, 0.3) is 0 Å². The van der Waals surface area contributed by atoms with Crippen LogP contribution in [0.5, 0.6) is 0 Å². The van der Waals surface area contributed by atoms with E-state index in [4.69, 9.17) is 28.9 Å². The highest BCUT2D eigenvalue weighted by Crippen LogP contribution is 2.35. The average Bonchev–Trinajstić information content (AvgIpc) is 2.43. The number of hydrogen-bond acceptors (Lipinski definition) is 2. The summed E-state index contributed by atoms with van der Waals surface area (Å²) in [6.45, 7) is 0. The summed E-state index contributed by atoms with van der Waals surface area (Å²) in [5, 5.41) is 1.13. The van der Waals surface area contributed by atoms with Gasteiger partial charge in [-0.15, -0.1) is 0 Å². The Morgan fingerprint density at radius 2 is 2.12 bits per heavy atom. The highest BCUT2D eigenvalue weighted by molar-refractivity contribution is 6.35. The molecule has 1 aliphatic heterocycles. The fourth-order valence-corrected chi connectivity index (χ4v) is 2.60. The summed E-state index contributed by atoms with van der Waals surface area (Å²) in [7, 11) is 1.74. The van der Waals surface area contributed by atoms with E-state index < -0.39 is 0 Å². The molecule has 5 heteroatoms. The molecular formula is C11H12Cl2N2O. The number of hydrogen-bond donors (Lipinski definition) is 1. The number of benzene rings is 1. The Kier molecular flexibility index (Phi) is 3.10. The fourth-order valence-electron chi connectivity index (χ4n) is 2.08. The van der Waals surface area contributed by atoms with Gasteiger partial charge in [-0.2, -0.15) is 0 Å². The van der Waals surface area contributed by atoms with Crippen LogP contribution in [-0.2, 0) is 4.79 Å². The van der Waals surface area contributed by atoms with Crippen LogP contribution in [0.4, 0.5) is 0 Å². The number of rotatable bonds is 1. The lowest BCUT2D eigenvalue weighted by molar-refractivity contribution is -0.127. The molecule has 2 unspecified atom stereocenters. The van der Waals surface area contributed by atoms with Crippen molar-refractivity contribution in [2.45, 2.75) is 18.5 Å². The summed E-state index contributed by atoms with van der Waals surface area (Å²) >= 11 is 11.9. The van der Waals surface area contributed by atoms with Gasteiger partial charge in [-0.05, 0) is 17.7 Å². The van der Waals surface area contributed by atoms with Crippen molar-refractivity contribution in [2.24, 2.45) is 5.73 Å². The first-order chi connectivity index (χ1) is 7.50. The Bertz CT molecular complexity index is 436. The summed E-state index contributed by atoms with van der Waals surface area (Å²) in [6, 6.07) is 4.88. The van der Waals surface area contributed by atoms with Gasteiger partial charge in [-0.1, -0.05) is 29.3 Å². The van der Waals surface area contributed by atoms with E-state index in [-0.39, 0.29) is 18.0 Å². The maximum Gasteiger partial charge on any atom is 0.224 e. The van der Waals surface area contributed by atoms with Gasteiger partial charge in [0.15, 0.2) is 0 Å². The first kappa shape index (κ1) is 11.7. The molecule has 1 aliphatic rings. The Morgan fingerprint density at radius 1 is 1.44 bits per heavy atom. The number of likely N-dealkylation sites (tertiary alicyclic amines) is 1. The van der Waals surface area contributed by atoms with Gasteiger partial charge in [0.1, 0.15) is 0 Å². The van der Waals surface area contributed by atoms with Crippen molar-refractivity contribution in [3.63, 3.8) is 0 Å². The number of likely N-dealkylation sites (N-methyl/N-ethyl adjacent to an activating group) is 1. The van der Waals surface area contributed by atoms with E-state index in [0.29, 0.717) is 16.5 Å². The second-order valence-corrected chi connectivity index (χ2v) is 4.83. The van der Waals surface area contributed by atoms with Crippen molar-refractivity contribution in [1.82, 2.24) is 4.90 Å². The third-order valence-electron chi connectivity index (χ3n) is 2.91. The predicted octanol–water partition coefficient (Wildman–Crippen LogP) is 2.22. The van der Waals surface area contributed by atoms with Crippen LogP contribution in [0.2, 0.25) is 10.0 Å². The molecule has 0 spiro atoms. The van der Waals surface area contributed by atoms with E-state index in [1.807, 2.05) is 6.07 Å². The maximum absolute atomic E-state index is 11.5. The van der Waals surface area contributed by atoms with Crippen molar-refractivity contribution in [3.8, 4) is 0 Å². The molecule has 3 nitrogen and oxygen atoms in total. The molecule has 0 radical (unpaired) electrons. The fraction of sp³-hybridized carbons (Fsp3) is 0.364. The lowest BCUT2D eigenvalue weighted by Crippen LogP contribution is -2.30. The number of carbonyl (C=O) groups is 1. The number of amides is 1. The van der Waals surface area contributed by atoms with Crippen LogP contribution in [0.1, 0.15) is 18.0 Å². The van der Waals surface area contributed by atoms with E-state index in [1.54, 1.807) is 24.1 Å². The van der Waals surface area contributed by atoms with Gasteiger partial charge in [0, 0.05) is 29.6 Å². The first-order valence-corrected chi connectivity index (χ1v) is 5.72. The molecule has 1 fully saturated rings. The smallest absolute Gasteiger partial charge is 0.224 e. The topological polar surface area (TPSA) is 46.3 Å². The number of carbonyl (C=O) groups excluding carboxylic acids is 1. The molecule has 1 heterocycles. The molecular weight excluding hydrogens is 247 g/mol. The van der Waals surface area contributed by atoms with Gasteiger partial charge in [-0.3, -0.25) is 4.79 Å². The Balaban J connectivity index is 2.40. The zero-order valence-corrected chi connectivity index (χ0v) is 10.3. The predicted molar refractivity (Wildman–Crippen MR) is 64.6 cm³/mol. The Morgan fingerprint density at radius 3 is 2.62 bits per heavy atom. The number of halogens is 2. The highest BCUT2D eigenvalue weighted by atomic mass is 35.5. The van der Waals surface area contributed by atoms with Gasteiger partial charge in [0.2, 0.25) is 5.91 Å². The molecule has 1 saturated heterocycles. The SMILES string of the molecule is CN1C(=O)CC(N)C1c1ccc(Cl)cc1Cl. The van der Waals surface area contributed by atoms with E-state index in [1.165, 1.54) is 0 Å². The number of nitrogens with zero attached hydrogens (tertiary/aromatic N) is 1. The van der Waals surface area contributed by atoms with Crippen LogP contribution >= 0.6 is 23.2 Å². The van der Waals surface area contributed by atoms with Gasteiger partial charge in [0.05, 0.1) is 6.04 Å². The third kappa shape index (κ3) is 1.90. The molecule has 1 aromatic carbocycles. The van der Waals surface area contributed by atoms with E-state index in [0.717, 1.165) is 5.56 Å². The van der Waals surface area contributed by atoms with Crippen molar-refractivity contribution in [1.29, 1.82) is 0 Å². The average molecular weight is 259 g/mol. The lowest BCUT2D eigenvalue weighted by atomic mass is 10.0. The molecule has 1 aromatic rings. The summed E-state index contributed by atoms with van der Waals surface area (Å²) in [6.07, 6.45) is 0.361. The molecule has 0 aromatic heterocycles. The second kappa shape index (κ2) is 4.24. The van der Waals surface area contributed by atoms with Crippen LogP contribution in [0.3, 0.4) is 0 Å². The van der Waals surface area contributed by atoms with Gasteiger partial charge >= 0.3 is 0 Å². The van der Waals surface area contributed by atoms with Crippen molar-refractivity contribution in [3.05, 3.63) is 33.8 Å². The molecule has 0 bridgehead atoms. The van der Waals surface area contributed by atoms with Crippen molar-refractivity contribution in [2.75, 3.05) is 7.05 Å². The zero-order valence-electron chi connectivity index (χ0n) is 8.78. The summed E-state index contributed by atoms with van der Waals surface area (Å²) in [5.41, 5.74) is 6.80. The van der Waals surface area contributed by atoms with E-state index in [2.05, 4.69) is 0 Å². The summed E-state index contributed by atoms with van der Waals surface area (Å²) in [4.78, 5) is 13.2.